The van der Waals surface area contributed by atoms with Crippen LogP contribution in [-0.2, 0) is 6.42 Å². The maximum Gasteiger partial charge on any atom is 0.0404 e. The molecule has 15 heavy (non-hydrogen) atoms. The molecule has 1 aromatic rings. The minimum atomic E-state index is 0.618. The zero-order valence-corrected chi connectivity index (χ0v) is 9.95. The van der Waals surface area contributed by atoms with Gasteiger partial charge in [0.2, 0.25) is 0 Å². The largest absolute Gasteiger partial charge is 0.365 e. The maximum absolute atomic E-state index is 4.17. The Morgan fingerprint density at radius 3 is 3.00 bits per heavy atom. The van der Waals surface area contributed by atoms with E-state index in [0.29, 0.717) is 6.04 Å². The normalized spacial score (nSPS) is 19.9. The van der Waals surface area contributed by atoms with Crippen LogP contribution in [0.25, 0.3) is 0 Å². The fraction of sp³-hybridized carbons (Fsp3) is 0.385. The second kappa shape index (κ2) is 4.75. The molecule has 1 unspecified atom stereocenters. The summed E-state index contributed by atoms with van der Waals surface area (Å²) in [7, 11) is 0. The molecule has 0 radical (unpaired) electrons. The first-order chi connectivity index (χ1) is 7.33. The molecule has 80 valence electrons. The van der Waals surface area contributed by atoms with E-state index in [1.165, 1.54) is 17.7 Å². The van der Waals surface area contributed by atoms with E-state index < -0.39 is 0 Å². The third kappa shape index (κ3) is 2.20. The van der Waals surface area contributed by atoms with E-state index >= 15 is 0 Å². The summed E-state index contributed by atoms with van der Waals surface area (Å²) in [6.07, 6.45) is 5.48. The second-order valence-corrected chi connectivity index (χ2v) is 4.35. The van der Waals surface area contributed by atoms with Crippen molar-refractivity contribution in [2.75, 3.05) is 17.2 Å². The Labute approximate surface area is 97.2 Å². The van der Waals surface area contributed by atoms with E-state index in [1.54, 1.807) is 0 Å². The zero-order chi connectivity index (χ0) is 10.7. The van der Waals surface area contributed by atoms with Gasteiger partial charge in [-0.15, -0.1) is 0 Å². The highest BCUT2D eigenvalue weighted by Crippen LogP contribution is 2.31. The molecule has 0 saturated heterocycles. The highest BCUT2D eigenvalue weighted by atomic mass is 32.1. The third-order valence-electron chi connectivity index (χ3n) is 2.92. The first-order valence-electron chi connectivity index (χ1n) is 5.43. The summed E-state index contributed by atoms with van der Waals surface area (Å²) < 4.78 is 0. The minimum Gasteiger partial charge on any atom is -0.365 e. The van der Waals surface area contributed by atoms with Crippen molar-refractivity contribution in [3.05, 3.63) is 42.0 Å². The van der Waals surface area contributed by atoms with Crippen molar-refractivity contribution in [2.45, 2.75) is 19.4 Å². The van der Waals surface area contributed by atoms with Gasteiger partial charge in [0, 0.05) is 24.0 Å². The average Bonchev–Trinajstić information content (AvgIpc) is 2.56. The quantitative estimate of drug-likeness (QED) is 0.604. The lowest BCUT2D eigenvalue weighted by atomic mass is 10.1. The standard InChI is InChI=1S/C13H17NS/c1-11-10-12-6-2-3-7-13(12)14(11)8-4-5-9-15/h2-7,11,15H,8-10H2,1H3. The molecule has 1 aliphatic rings. The van der Waals surface area contributed by atoms with Crippen LogP contribution in [0.15, 0.2) is 36.4 Å². The van der Waals surface area contributed by atoms with Crippen LogP contribution in [0.4, 0.5) is 5.69 Å². The summed E-state index contributed by atoms with van der Waals surface area (Å²) >= 11 is 4.17. The zero-order valence-electron chi connectivity index (χ0n) is 9.06. The monoisotopic (exact) mass is 219 g/mol. The lowest BCUT2D eigenvalue weighted by Crippen LogP contribution is -2.29. The number of fused-ring (bicyclic) bond motifs is 1. The van der Waals surface area contributed by atoms with Gasteiger partial charge < -0.3 is 4.90 Å². The number of benzene rings is 1. The van der Waals surface area contributed by atoms with Crippen LogP contribution in [0, 0.1) is 0 Å². The number of rotatable bonds is 3. The van der Waals surface area contributed by atoms with Crippen molar-refractivity contribution in [3.8, 4) is 0 Å². The molecule has 0 N–H and O–H groups in total. The Kier molecular flexibility index (Phi) is 3.37. The molecule has 2 rings (SSSR count). The fourth-order valence-corrected chi connectivity index (χ4v) is 2.32. The van der Waals surface area contributed by atoms with E-state index in [1.807, 2.05) is 0 Å². The van der Waals surface area contributed by atoms with Gasteiger partial charge in [-0.25, -0.2) is 0 Å². The van der Waals surface area contributed by atoms with Crippen molar-refractivity contribution in [1.29, 1.82) is 0 Å². The average molecular weight is 219 g/mol. The van der Waals surface area contributed by atoms with Crippen molar-refractivity contribution in [1.82, 2.24) is 0 Å². The van der Waals surface area contributed by atoms with E-state index in [4.69, 9.17) is 0 Å². The predicted octanol–water partition coefficient (Wildman–Crippen LogP) is 2.92. The first-order valence-corrected chi connectivity index (χ1v) is 6.06. The molecule has 0 bridgehead atoms. The van der Waals surface area contributed by atoms with E-state index in [0.717, 1.165) is 12.3 Å². The van der Waals surface area contributed by atoms with E-state index in [9.17, 15) is 0 Å². The van der Waals surface area contributed by atoms with E-state index in [-0.39, 0.29) is 0 Å². The van der Waals surface area contributed by atoms with Gasteiger partial charge in [-0.1, -0.05) is 30.4 Å². The van der Waals surface area contributed by atoms with Crippen LogP contribution in [0.3, 0.4) is 0 Å². The van der Waals surface area contributed by atoms with Crippen LogP contribution >= 0.6 is 12.6 Å². The third-order valence-corrected chi connectivity index (χ3v) is 3.13. The Morgan fingerprint density at radius 1 is 1.40 bits per heavy atom. The molecule has 1 atom stereocenters. The summed E-state index contributed by atoms with van der Waals surface area (Å²) in [6.45, 7) is 3.28. The van der Waals surface area contributed by atoms with Gasteiger partial charge in [-0.3, -0.25) is 0 Å². The number of anilines is 1. The maximum atomic E-state index is 4.17. The van der Waals surface area contributed by atoms with Crippen molar-refractivity contribution in [2.24, 2.45) is 0 Å². The molecule has 1 aliphatic heterocycles. The van der Waals surface area contributed by atoms with Gasteiger partial charge in [0.25, 0.3) is 0 Å². The molecule has 1 heterocycles. The van der Waals surface area contributed by atoms with Crippen LogP contribution < -0.4 is 4.90 Å². The molecule has 2 heteroatoms. The van der Waals surface area contributed by atoms with Crippen molar-refractivity contribution < 1.29 is 0 Å². The summed E-state index contributed by atoms with van der Waals surface area (Å²) in [6, 6.07) is 9.30. The predicted molar refractivity (Wildman–Crippen MR) is 69.9 cm³/mol. The highest BCUT2D eigenvalue weighted by Gasteiger charge is 2.23. The first kappa shape index (κ1) is 10.6. The molecule has 0 spiro atoms. The molecule has 0 fully saturated rings. The molecular weight excluding hydrogens is 202 g/mol. The Morgan fingerprint density at radius 2 is 2.20 bits per heavy atom. The molecule has 1 nitrogen and oxygen atoms in total. The minimum absolute atomic E-state index is 0.618. The number of hydrogen-bond acceptors (Lipinski definition) is 2. The number of nitrogens with zero attached hydrogens (tertiary/aromatic N) is 1. The van der Waals surface area contributed by atoms with Crippen LogP contribution in [0.5, 0.6) is 0 Å². The van der Waals surface area contributed by atoms with Gasteiger partial charge in [-0.05, 0) is 25.0 Å². The number of thiol groups is 1. The van der Waals surface area contributed by atoms with Gasteiger partial charge in [-0.2, -0.15) is 12.6 Å². The Hall–Kier alpha value is -0.890. The SMILES string of the molecule is CC1Cc2ccccc2N1CC=CCS. The topological polar surface area (TPSA) is 3.24 Å². The molecule has 0 amide bonds. The number of para-hydroxylation sites is 1. The van der Waals surface area contributed by atoms with Gasteiger partial charge in [0.15, 0.2) is 0 Å². The highest BCUT2D eigenvalue weighted by molar-refractivity contribution is 7.80. The summed E-state index contributed by atoms with van der Waals surface area (Å²) in [5.74, 6) is 0.823. The Balaban J connectivity index is 2.15. The smallest absolute Gasteiger partial charge is 0.0404 e. The van der Waals surface area contributed by atoms with Crippen LogP contribution in [0.2, 0.25) is 0 Å². The second-order valence-electron chi connectivity index (χ2n) is 3.99. The number of hydrogen-bond donors (Lipinski definition) is 1. The molecule has 0 aromatic heterocycles. The molecule has 0 aliphatic carbocycles. The molecular formula is C13H17NS. The Bertz CT molecular complexity index is 359. The van der Waals surface area contributed by atoms with E-state index in [2.05, 4.69) is 60.9 Å². The van der Waals surface area contributed by atoms with Crippen molar-refractivity contribution >= 4 is 18.3 Å². The van der Waals surface area contributed by atoms with Gasteiger partial charge in [0.1, 0.15) is 0 Å². The molecule has 1 aromatic carbocycles. The molecule has 0 saturated carbocycles. The van der Waals surface area contributed by atoms with Gasteiger partial charge >= 0.3 is 0 Å². The lowest BCUT2D eigenvalue weighted by Gasteiger charge is -2.23. The summed E-state index contributed by atoms with van der Waals surface area (Å²) in [5.41, 5.74) is 2.87. The van der Waals surface area contributed by atoms with Crippen LogP contribution in [-0.4, -0.2) is 18.3 Å². The van der Waals surface area contributed by atoms with Gasteiger partial charge in [0.05, 0.1) is 0 Å². The van der Waals surface area contributed by atoms with Crippen molar-refractivity contribution in [3.63, 3.8) is 0 Å². The summed E-state index contributed by atoms with van der Waals surface area (Å²) in [5, 5.41) is 0. The van der Waals surface area contributed by atoms with Crippen LogP contribution in [0.1, 0.15) is 12.5 Å². The lowest BCUT2D eigenvalue weighted by molar-refractivity contribution is 0.706. The fourth-order valence-electron chi connectivity index (χ4n) is 2.17. The summed E-state index contributed by atoms with van der Waals surface area (Å²) in [4.78, 5) is 2.45.